The van der Waals surface area contributed by atoms with E-state index in [1.807, 2.05) is 19.1 Å². The summed E-state index contributed by atoms with van der Waals surface area (Å²) < 4.78 is 5.53. The van der Waals surface area contributed by atoms with Crippen molar-refractivity contribution in [2.45, 2.75) is 52.1 Å². The van der Waals surface area contributed by atoms with Crippen molar-refractivity contribution in [1.82, 2.24) is 10.3 Å². The Morgan fingerprint density at radius 2 is 2.25 bits per heavy atom. The second-order valence-corrected chi connectivity index (χ2v) is 5.37. The largest absolute Gasteiger partial charge is 0.478 e. The number of aromatic nitrogens is 1. The summed E-state index contributed by atoms with van der Waals surface area (Å²) in [5.74, 6) is 1.77. The van der Waals surface area contributed by atoms with E-state index >= 15 is 0 Å². The Hall–Kier alpha value is -1.29. The molecule has 0 saturated carbocycles. The summed E-state index contributed by atoms with van der Waals surface area (Å²) >= 11 is 0. The van der Waals surface area contributed by atoms with Crippen molar-refractivity contribution in [2.24, 2.45) is 0 Å². The minimum absolute atomic E-state index is 0.484. The lowest BCUT2D eigenvalue weighted by molar-refractivity contribution is 0.324. The minimum Gasteiger partial charge on any atom is -0.478 e. The fourth-order valence-electron chi connectivity index (χ4n) is 3.01. The third-order valence-corrected chi connectivity index (χ3v) is 3.95. The minimum atomic E-state index is 0.484. The van der Waals surface area contributed by atoms with Crippen LogP contribution in [-0.4, -0.2) is 36.8 Å². The zero-order valence-corrected chi connectivity index (χ0v) is 12.9. The van der Waals surface area contributed by atoms with Gasteiger partial charge in [0, 0.05) is 24.7 Å². The third-order valence-electron chi connectivity index (χ3n) is 3.95. The smallest absolute Gasteiger partial charge is 0.215 e. The van der Waals surface area contributed by atoms with Gasteiger partial charge in [-0.1, -0.05) is 13.0 Å². The Bertz CT molecular complexity index is 410. The monoisotopic (exact) mass is 277 g/mol. The van der Waals surface area contributed by atoms with Gasteiger partial charge in [0.25, 0.3) is 0 Å². The Morgan fingerprint density at radius 3 is 3.00 bits per heavy atom. The van der Waals surface area contributed by atoms with Crippen molar-refractivity contribution in [3.63, 3.8) is 0 Å². The number of nitrogens with zero attached hydrogens (tertiary/aromatic N) is 2. The van der Waals surface area contributed by atoms with Gasteiger partial charge in [-0.05, 0) is 45.7 Å². The molecule has 1 N–H and O–H groups in total. The second kappa shape index (κ2) is 7.48. The maximum atomic E-state index is 5.53. The van der Waals surface area contributed by atoms with Gasteiger partial charge in [0.15, 0.2) is 0 Å². The van der Waals surface area contributed by atoms with Gasteiger partial charge >= 0.3 is 0 Å². The predicted molar refractivity (Wildman–Crippen MR) is 83.5 cm³/mol. The zero-order valence-electron chi connectivity index (χ0n) is 12.9. The van der Waals surface area contributed by atoms with Crippen LogP contribution in [-0.2, 0) is 0 Å². The molecule has 1 aliphatic rings. The van der Waals surface area contributed by atoms with Gasteiger partial charge < -0.3 is 15.0 Å². The molecule has 4 heteroatoms. The summed E-state index contributed by atoms with van der Waals surface area (Å²) in [6.07, 6.45) is 3.78. The van der Waals surface area contributed by atoms with Crippen molar-refractivity contribution < 1.29 is 4.74 Å². The SMILES string of the molecule is CCNC(C)C1CCCCN1c1cccc(OCC)n1. The number of rotatable bonds is 6. The molecule has 1 fully saturated rings. The number of hydrogen-bond donors (Lipinski definition) is 1. The normalized spacial score (nSPS) is 20.8. The molecule has 20 heavy (non-hydrogen) atoms. The Kier molecular flexibility index (Phi) is 5.65. The van der Waals surface area contributed by atoms with Crippen molar-refractivity contribution in [2.75, 3.05) is 24.6 Å². The summed E-state index contributed by atoms with van der Waals surface area (Å²) in [7, 11) is 0. The number of hydrogen-bond acceptors (Lipinski definition) is 4. The van der Waals surface area contributed by atoms with E-state index in [1.54, 1.807) is 0 Å². The zero-order chi connectivity index (χ0) is 14.4. The number of nitrogens with one attached hydrogen (secondary N) is 1. The van der Waals surface area contributed by atoms with E-state index in [4.69, 9.17) is 4.74 Å². The topological polar surface area (TPSA) is 37.4 Å². The fourth-order valence-corrected chi connectivity index (χ4v) is 3.01. The first kappa shape index (κ1) is 15.1. The molecule has 4 nitrogen and oxygen atoms in total. The van der Waals surface area contributed by atoms with Crippen LogP contribution < -0.4 is 15.0 Å². The molecular formula is C16H27N3O. The molecule has 2 heterocycles. The van der Waals surface area contributed by atoms with Crippen molar-refractivity contribution in [3.05, 3.63) is 18.2 Å². The molecule has 1 aromatic heterocycles. The van der Waals surface area contributed by atoms with Crippen LogP contribution in [0.2, 0.25) is 0 Å². The molecule has 1 aromatic rings. The van der Waals surface area contributed by atoms with Crippen LogP contribution in [0.3, 0.4) is 0 Å². The summed E-state index contributed by atoms with van der Waals surface area (Å²) in [6.45, 7) is 9.19. The highest BCUT2D eigenvalue weighted by molar-refractivity contribution is 5.43. The van der Waals surface area contributed by atoms with Gasteiger partial charge in [-0.25, -0.2) is 0 Å². The highest BCUT2D eigenvalue weighted by Crippen LogP contribution is 2.26. The van der Waals surface area contributed by atoms with Crippen LogP contribution in [0, 0.1) is 0 Å². The maximum Gasteiger partial charge on any atom is 0.215 e. The van der Waals surface area contributed by atoms with E-state index in [9.17, 15) is 0 Å². The number of likely N-dealkylation sites (N-methyl/N-ethyl adjacent to an activating group) is 1. The standard InChI is InChI=1S/C16H27N3O/c1-4-17-13(3)14-9-6-7-12-19(14)15-10-8-11-16(18-15)20-5-2/h8,10-11,13-14,17H,4-7,9,12H2,1-3H3. The van der Waals surface area contributed by atoms with Gasteiger partial charge in [0.2, 0.25) is 5.88 Å². The lowest BCUT2D eigenvalue weighted by Gasteiger charge is -2.40. The van der Waals surface area contributed by atoms with Crippen LogP contribution in [0.15, 0.2) is 18.2 Å². The first-order valence-corrected chi connectivity index (χ1v) is 7.86. The van der Waals surface area contributed by atoms with Gasteiger partial charge in [0.05, 0.1) is 6.61 Å². The first-order valence-electron chi connectivity index (χ1n) is 7.86. The summed E-state index contributed by atoms with van der Waals surface area (Å²) in [5, 5.41) is 3.55. The van der Waals surface area contributed by atoms with Crippen LogP contribution in [0.25, 0.3) is 0 Å². The lowest BCUT2D eigenvalue weighted by atomic mass is 9.96. The maximum absolute atomic E-state index is 5.53. The number of piperidine rings is 1. The van der Waals surface area contributed by atoms with Crippen LogP contribution in [0.4, 0.5) is 5.82 Å². The van der Waals surface area contributed by atoms with Crippen molar-refractivity contribution >= 4 is 5.82 Å². The van der Waals surface area contributed by atoms with Crippen LogP contribution in [0.5, 0.6) is 5.88 Å². The molecule has 0 aromatic carbocycles. The Balaban J connectivity index is 2.16. The molecule has 0 bridgehead atoms. The Morgan fingerprint density at radius 1 is 1.40 bits per heavy atom. The van der Waals surface area contributed by atoms with Crippen molar-refractivity contribution in [1.29, 1.82) is 0 Å². The molecule has 1 aliphatic heterocycles. The molecule has 1 saturated heterocycles. The molecule has 2 atom stereocenters. The predicted octanol–water partition coefficient (Wildman–Crippen LogP) is 2.84. The molecule has 0 spiro atoms. The number of pyridine rings is 1. The molecular weight excluding hydrogens is 250 g/mol. The second-order valence-electron chi connectivity index (χ2n) is 5.37. The van der Waals surface area contributed by atoms with E-state index in [-0.39, 0.29) is 0 Å². The highest BCUT2D eigenvalue weighted by atomic mass is 16.5. The van der Waals surface area contributed by atoms with Gasteiger partial charge in [-0.3, -0.25) is 0 Å². The first-order chi connectivity index (χ1) is 9.76. The molecule has 2 rings (SSSR count). The van der Waals surface area contributed by atoms with Gasteiger partial charge in [-0.2, -0.15) is 4.98 Å². The molecule has 0 aliphatic carbocycles. The third kappa shape index (κ3) is 3.63. The molecule has 112 valence electrons. The van der Waals surface area contributed by atoms with Crippen molar-refractivity contribution in [3.8, 4) is 5.88 Å². The average Bonchev–Trinajstić information content (AvgIpc) is 2.48. The summed E-state index contributed by atoms with van der Waals surface area (Å²) in [5.41, 5.74) is 0. The molecule has 0 radical (unpaired) electrons. The Labute approximate surface area is 122 Å². The average molecular weight is 277 g/mol. The molecule has 0 amide bonds. The van der Waals surface area contributed by atoms with Gasteiger partial charge in [0.1, 0.15) is 5.82 Å². The number of ether oxygens (including phenoxy) is 1. The van der Waals surface area contributed by atoms with E-state index < -0.39 is 0 Å². The van der Waals surface area contributed by atoms with E-state index in [2.05, 4.69) is 35.1 Å². The number of anilines is 1. The quantitative estimate of drug-likeness (QED) is 0.867. The van der Waals surface area contributed by atoms with Crippen LogP contribution in [0.1, 0.15) is 40.0 Å². The highest BCUT2D eigenvalue weighted by Gasteiger charge is 2.27. The summed E-state index contributed by atoms with van der Waals surface area (Å²) in [6, 6.07) is 7.07. The van der Waals surface area contributed by atoms with E-state index in [0.29, 0.717) is 18.7 Å². The van der Waals surface area contributed by atoms with Gasteiger partial charge in [-0.15, -0.1) is 0 Å². The molecule has 2 unspecified atom stereocenters. The summed E-state index contributed by atoms with van der Waals surface area (Å²) in [4.78, 5) is 7.10. The lowest BCUT2D eigenvalue weighted by Crippen LogP contribution is -2.51. The van der Waals surface area contributed by atoms with E-state index in [1.165, 1.54) is 19.3 Å². The fraction of sp³-hybridized carbons (Fsp3) is 0.688. The van der Waals surface area contributed by atoms with E-state index in [0.717, 1.165) is 24.8 Å². The van der Waals surface area contributed by atoms with Crippen LogP contribution >= 0.6 is 0 Å².